The van der Waals surface area contributed by atoms with Gasteiger partial charge in [0.15, 0.2) is 17.1 Å². The van der Waals surface area contributed by atoms with Gasteiger partial charge < -0.3 is 30.1 Å². The molecule has 10 nitrogen and oxygen atoms in total. The van der Waals surface area contributed by atoms with Crippen LogP contribution >= 0.6 is 0 Å². The van der Waals surface area contributed by atoms with E-state index in [-0.39, 0.29) is 50.7 Å². The molecule has 1 saturated heterocycles. The van der Waals surface area contributed by atoms with Gasteiger partial charge in [0.1, 0.15) is 5.60 Å². The second-order valence-electron chi connectivity index (χ2n) is 8.42. The van der Waals surface area contributed by atoms with E-state index in [9.17, 15) is 24.3 Å². The molecular formula is C18H29N3O7. The van der Waals surface area contributed by atoms with Crippen molar-refractivity contribution in [1.29, 1.82) is 0 Å². The van der Waals surface area contributed by atoms with Crippen molar-refractivity contribution < 1.29 is 33.8 Å². The van der Waals surface area contributed by atoms with Gasteiger partial charge in [0, 0.05) is 25.9 Å². The van der Waals surface area contributed by atoms with Gasteiger partial charge in [-0.25, -0.2) is 9.59 Å². The Kier molecular flexibility index (Phi) is 6.34. The summed E-state index contributed by atoms with van der Waals surface area (Å²) >= 11 is 0. The molecule has 0 aromatic heterocycles. The second-order valence-corrected chi connectivity index (χ2v) is 8.42. The lowest BCUT2D eigenvalue weighted by molar-refractivity contribution is -0.146. The average molecular weight is 399 g/mol. The van der Waals surface area contributed by atoms with Crippen LogP contribution in [0.15, 0.2) is 0 Å². The number of carbonyl (C=O) groups is 4. The van der Waals surface area contributed by atoms with Crippen LogP contribution in [-0.2, 0) is 19.1 Å². The van der Waals surface area contributed by atoms with Gasteiger partial charge in [0.2, 0.25) is 0 Å². The van der Waals surface area contributed by atoms with Crippen molar-refractivity contribution in [1.82, 2.24) is 15.5 Å². The summed E-state index contributed by atoms with van der Waals surface area (Å²) < 4.78 is 10.5. The van der Waals surface area contributed by atoms with E-state index in [4.69, 9.17) is 9.47 Å². The summed E-state index contributed by atoms with van der Waals surface area (Å²) in [5, 5.41) is 14.9. The molecule has 1 atom stereocenters. The van der Waals surface area contributed by atoms with Crippen LogP contribution < -0.4 is 10.6 Å². The van der Waals surface area contributed by atoms with E-state index in [1.807, 2.05) is 0 Å². The highest BCUT2D eigenvalue weighted by molar-refractivity contribution is 6.19. The summed E-state index contributed by atoms with van der Waals surface area (Å²) in [6.07, 6.45) is -0.544. The molecule has 3 N–H and O–H groups in total. The summed E-state index contributed by atoms with van der Waals surface area (Å²) in [4.78, 5) is 50.8. The average Bonchev–Trinajstić information content (AvgIpc) is 2.88. The van der Waals surface area contributed by atoms with Crippen LogP contribution in [0.1, 0.15) is 40.5 Å². The molecule has 0 aromatic rings. The Balaban J connectivity index is 2.08. The lowest BCUT2D eigenvalue weighted by atomic mass is 9.92. The fraction of sp³-hybridized carbons (Fsp3) is 0.778. The lowest BCUT2D eigenvalue weighted by Gasteiger charge is -2.43. The first-order valence-corrected chi connectivity index (χ1v) is 9.25. The Morgan fingerprint density at radius 1 is 1.21 bits per heavy atom. The van der Waals surface area contributed by atoms with E-state index in [1.165, 1.54) is 11.8 Å². The zero-order valence-electron chi connectivity index (χ0n) is 16.8. The van der Waals surface area contributed by atoms with Crippen LogP contribution in [0.25, 0.3) is 0 Å². The highest BCUT2D eigenvalue weighted by Gasteiger charge is 2.57. The van der Waals surface area contributed by atoms with Gasteiger partial charge >= 0.3 is 12.1 Å². The van der Waals surface area contributed by atoms with Crippen molar-refractivity contribution in [3.05, 3.63) is 0 Å². The van der Waals surface area contributed by atoms with Crippen molar-refractivity contribution in [2.24, 2.45) is 0 Å². The quantitative estimate of drug-likeness (QED) is 0.565. The zero-order valence-corrected chi connectivity index (χ0v) is 16.8. The standard InChI is InChI=1S/C18H29N3O7/c1-16(2,3)28-15(26)19-9-17(4,10-22)20-14(25)21-7-8-27-11-18(21)12(23)5-6-13(18)24/h22H,5-11H2,1-4H3,(H,19,26)(H,20,25)/t17-/m1/s1. The first kappa shape index (κ1) is 22.1. The predicted octanol–water partition coefficient (Wildman–Crippen LogP) is -0.0253. The minimum atomic E-state index is -1.60. The minimum Gasteiger partial charge on any atom is -0.444 e. The van der Waals surface area contributed by atoms with E-state index >= 15 is 0 Å². The van der Waals surface area contributed by atoms with Crippen LogP contribution in [0.4, 0.5) is 9.59 Å². The van der Waals surface area contributed by atoms with Crippen molar-refractivity contribution in [3.8, 4) is 0 Å². The Hall–Kier alpha value is -2.20. The third-order valence-corrected chi connectivity index (χ3v) is 4.76. The molecule has 0 unspecified atom stereocenters. The first-order valence-electron chi connectivity index (χ1n) is 9.25. The number of morpholine rings is 1. The SMILES string of the molecule is CC(C)(C)OC(=O)NC[C@](C)(CO)NC(=O)N1CCOCC12C(=O)CCC2=O. The molecule has 1 heterocycles. The third-order valence-electron chi connectivity index (χ3n) is 4.76. The molecule has 1 aliphatic heterocycles. The molecule has 1 saturated carbocycles. The molecular weight excluding hydrogens is 370 g/mol. The summed E-state index contributed by atoms with van der Waals surface area (Å²) in [6.45, 7) is 6.20. The Morgan fingerprint density at radius 2 is 1.82 bits per heavy atom. The molecule has 2 rings (SSSR count). The van der Waals surface area contributed by atoms with Crippen LogP contribution in [0.2, 0.25) is 0 Å². The molecule has 3 amide bonds. The molecule has 1 aliphatic carbocycles. The topological polar surface area (TPSA) is 134 Å². The molecule has 10 heteroatoms. The number of rotatable bonds is 4. The van der Waals surface area contributed by atoms with Crippen molar-refractivity contribution >= 4 is 23.7 Å². The number of amides is 3. The molecule has 1 spiro atoms. The fourth-order valence-electron chi connectivity index (χ4n) is 3.22. The highest BCUT2D eigenvalue weighted by atomic mass is 16.6. The minimum absolute atomic E-state index is 0.0729. The molecule has 158 valence electrons. The molecule has 28 heavy (non-hydrogen) atoms. The lowest BCUT2D eigenvalue weighted by Crippen LogP contribution is -2.69. The summed E-state index contributed by atoms with van der Waals surface area (Å²) in [5.74, 6) is -0.685. The first-order chi connectivity index (χ1) is 12.9. The maximum atomic E-state index is 12.9. The van der Waals surface area contributed by atoms with Gasteiger partial charge in [-0.2, -0.15) is 0 Å². The number of aliphatic hydroxyl groups is 1. The second kappa shape index (κ2) is 8.04. The van der Waals surface area contributed by atoms with E-state index in [0.717, 1.165) is 0 Å². The number of Topliss-reactive ketones (excluding diaryl/α,β-unsaturated/α-hetero) is 2. The smallest absolute Gasteiger partial charge is 0.407 e. The van der Waals surface area contributed by atoms with Crippen molar-refractivity contribution in [2.75, 3.05) is 32.9 Å². The van der Waals surface area contributed by atoms with E-state index in [2.05, 4.69) is 10.6 Å². The molecule has 2 fully saturated rings. The van der Waals surface area contributed by atoms with Gasteiger partial charge in [-0.15, -0.1) is 0 Å². The highest BCUT2D eigenvalue weighted by Crippen LogP contribution is 2.32. The van der Waals surface area contributed by atoms with E-state index in [1.54, 1.807) is 20.8 Å². The summed E-state index contributed by atoms with van der Waals surface area (Å²) in [5.41, 5.74) is -3.51. The number of hydrogen-bond acceptors (Lipinski definition) is 7. The van der Waals surface area contributed by atoms with Gasteiger partial charge in [-0.1, -0.05) is 0 Å². The van der Waals surface area contributed by atoms with Crippen molar-refractivity contribution in [2.45, 2.75) is 57.2 Å². The maximum absolute atomic E-state index is 12.9. The number of ketones is 2. The number of aliphatic hydroxyl groups excluding tert-OH is 1. The number of alkyl carbamates (subject to hydrolysis) is 1. The van der Waals surface area contributed by atoms with Gasteiger partial charge in [-0.05, 0) is 27.7 Å². The van der Waals surface area contributed by atoms with Crippen LogP contribution in [0.5, 0.6) is 0 Å². The van der Waals surface area contributed by atoms with Crippen molar-refractivity contribution in [3.63, 3.8) is 0 Å². The summed E-state index contributed by atoms with van der Waals surface area (Å²) in [6, 6.07) is -0.672. The van der Waals surface area contributed by atoms with Crippen LogP contribution in [0, 0.1) is 0 Å². The van der Waals surface area contributed by atoms with E-state index < -0.39 is 35.4 Å². The Bertz CT molecular complexity index is 642. The Morgan fingerprint density at radius 3 is 2.36 bits per heavy atom. The molecule has 0 bridgehead atoms. The number of hydrogen-bond donors (Lipinski definition) is 3. The van der Waals surface area contributed by atoms with Crippen LogP contribution in [-0.4, -0.2) is 83.3 Å². The fourth-order valence-corrected chi connectivity index (χ4v) is 3.22. The number of nitrogens with zero attached hydrogens (tertiary/aromatic N) is 1. The van der Waals surface area contributed by atoms with Crippen LogP contribution in [0.3, 0.4) is 0 Å². The summed E-state index contributed by atoms with van der Waals surface area (Å²) in [7, 11) is 0. The zero-order chi connectivity index (χ0) is 21.2. The number of urea groups is 1. The van der Waals surface area contributed by atoms with E-state index in [0.29, 0.717) is 0 Å². The molecule has 0 aromatic carbocycles. The third kappa shape index (κ3) is 4.61. The monoisotopic (exact) mass is 399 g/mol. The van der Waals surface area contributed by atoms with Gasteiger partial charge in [0.05, 0.1) is 25.4 Å². The van der Waals surface area contributed by atoms with Gasteiger partial charge in [0.25, 0.3) is 0 Å². The number of nitrogens with one attached hydrogen (secondary N) is 2. The number of ether oxygens (including phenoxy) is 2. The maximum Gasteiger partial charge on any atom is 0.407 e. The molecule has 0 radical (unpaired) electrons. The predicted molar refractivity (Wildman–Crippen MR) is 97.8 cm³/mol. The normalized spacial score (nSPS) is 21.4. The Labute approximate surface area is 163 Å². The van der Waals surface area contributed by atoms with Gasteiger partial charge in [-0.3, -0.25) is 9.59 Å². The number of carbonyl (C=O) groups excluding carboxylic acids is 4. The molecule has 2 aliphatic rings. The largest absolute Gasteiger partial charge is 0.444 e.